The van der Waals surface area contributed by atoms with Crippen molar-refractivity contribution in [1.29, 1.82) is 0 Å². The van der Waals surface area contributed by atoms with Gasteiger partial charge >= 0.3 is 0 Å². The lowest BCUT2D eigenvalue weighted by Crippen LogP contribution is -2.00. The zero-order valence-electron chi connectivity index (χ0n) is 35.6. The molecule has 0 aliphatic heterocycles. The van der Waals surface area contributed by atoms with Gasteiger partial charge in [0.1, 0.15) is 17.0 Å². The van der Waals surface area contributed by atoms with Crippen LogP contribution in [0.3, 0.4) is 0 Å². The molecule has 5 nitrogen and oxygen atoms in total. The highest BCUT2D eigenvalue weighted by Gasteiger charge is 2.19. The van der Waals surface area contributed by atoms with E-state index in [1.165, 1.54) is 43.6 Å². The van der Waals surface area contributed by atoms with Gasteiger partial charge in [-0.1, -0.05) is 140 Å². The first-order chi connectivity index (χ1) is 32.7. The Bertz CT molecular complexity index is 3980. The molecule has 0 spiro atoms. The fourth-order valence-electron chi connectivity index (χ4n) is 10.4. The van der Waals surface area contributed by atoms with Crippen molar-refractivity contribution in [3.05, 3.63) is 231 Å². The van der Waals surface area contributed by atoms with E-state index in [1.54, 1.807) is 0 Å². The topological polar surface area (TPSA) is 40.8 Å². The van der Waals surface area contributed by atoms with Gasteiger partial charge < -0.3 is 13.6 Å². The summed E-state index contributed by atoms with van der Waals surface area (Å²) in [4.78, 5) is 5.06. The molecular weight excluding hydrogens is 805 g/mol. The minimum absolute atomic E-state index is 0.864. The van der Waals surface area contributed by atoms with Crippen LogP contribution in [0.5, 0.6) is 0 Å². The summed E-state index contributed by atoms with van der Waals surface area (Å²) in [6.45, 7) is 0. The molecule has 66 heavy (non-hydrogen) atoms. The van der Waals surface area contributed by atoms with Gasteiger partial charge in [0, 0.05) is 54.9 Å². The smallest absolute Gasteiger partial charge is 0.145 e. The van der Waals surface area contributed by atoms with E-state index in [-0.39, 0.29) is 0 Å². The summed E-state index contributed by atoms with van der Waals surface area (Å²) in [6.07, 6.45) is 0. The van der Waals surface area contributed by atoms with Crippen LogP contribution in [0.1, 0.15) is 0 Å². The number of nitrogens with zero attached hydrogens (tertiary/aromatic N) is 4. The number of furan rings is 1. The zero-order valence-corrected chi connectivity index (χ0v) is 35.6. The monoisotopic (exact) mass is 842 g/mol. The van der Waals surface area contributed by atoms with Crippen LogP contribution in [0.15, 0.2) is 235 Å². The van der Waals surface area contributed by atoms with Crippen LogP contribution in [0.25, 0.3) is 127 Å². The van der Waals surface area contributed by atoms with Crippen LogP contribution >= 0.6 is 0 Å². The molecule has 0 amide bonds. The van der Waals surface area contributed by atoms with Crippen LogP contribution in [0.4, 0.5) is 0 Å². The standard InChI is InChI=1S/C61H38N4O/c1-2-14-40(15-3-1)61-62-53-20-8-13-25-58(53)65(61)44-30-26-39(27-31-44)41-28-32-59-51(36-41)52-37-42(29-33-60(52)66-59)43-34-45(63-54-21-9-4-16-47(54)48-17-5-10-22-55(48)63)38-46(35-43)64-56-23-11-6-18-49(56)50-19-7-12-24-57(50)64/h1-38H. The second-order valence-corrected chi connectivity index (χ2v) is 17.2. The molecule has 0 saturated heterocycles. The fraction of sp³-hybridized carbons (Fsp3) is 0. The summed E-state index contributed by atoms with van der Waals surface area (Å²) in [6, 6.07) is 82.8. The van der Waals surface area contributed by atoms with Gasteiger partial charge in [-0.05, 0) is 113 Å². The van der Waals surface area contributed by atoms with E-state index >= 15 is 0 Å². The largest absolute Gasteiger partial charge is 0.456 e. The Labute approximate surface area is 379 Å². The summed E-state index contributed by atoms with van der Waals surface area (Å²) < 4.78 is 13.6. The number of aromatic nitrogens is 4. The molecule has 4 heterocycles. The lowest BCUT2D eigenvalue weighted by molar-refractivity contribution is 0.669. The highest BCUT2D eigenvalue weighted by molar-refractivity contribution is 6.11. The zero-order chi connectivity index (χ0) is 43.3. The minimum atomic E-state index is 0.864. The number of rotatable bonds is 6. The molecule has 0 bridgehead atoms. The molecule has 4 aromatic heterocycles. The Morgan fingerprint density at radius 2 is 0.712 bits per heavy atom. The Morgan fingerprint density at radius 1 is 0.273 bits per heavy atom. The summed E-state index contributed by atoms with van der Waals surface area (Å²) >= 11 is 0. The van der Waals surface area contributed by atoms with E-state index in [0.717, 1.165) is 83.7 Å². The third-order valence-electron chi connectivity index (χ3n) is 13.4. The van der Waals surface area contributed by atoms with E-state index in [4.69, 9.17) is 9.40 Å². The Balaban J connectivity index is 0.926. The van der Waals surface area contributed by atoms with Crippen LogP contribution in [0.2, 0.25) is 0 Å². The molecule has 0 N–H and O–H groups in total. The lowest BCUT2D eigenvalue weighted by Gasteiger charge is -2.16. The van der Waals surface area contributed by atoms with Crippen molar-refractivity contribution in [3.63, 3.8) is 0 Å². The van der Waals surface area contributed by atoms with Crippen molar-refractivity contribution in [1.82, 2.24) is 18.7 Å². The summed E-state index contributed by atoms with van der Waals surface area (Å²) in [5.74, 6) is 0.925. The summed E-state index contributed by atoms with van der Waals surface area (Å²) in [7, 11) is 0. The number of imidazole rings is 1. The maximum atomic E-state index is 6.54. The van der Waals surface area contributed by atoms with Gasteiger partial charge in [-0.2, -0.15) is 0 Å². The van der Waals surface area contributed by atoms with Gasteiger partial charge in [-0.3, -0.25) is 4.57 Å². The second-order valence-electron chi connectivity index (χ2n) is 17.2. The first kappa shape index (κ1) is 36.5. The highest BCUT2D eigenvalue weighted by Crippen LogP contribution is 2.40. The fourth-order valence-corrected chi connectivity index (χ4v) is 10.4. The Morgan fingerprint density at radius 3 is 1.24 bits per heavy atom. The normalized spacial score (nSPS) is 11.9. The molecule has 0 fully saturated rings. The van der Waals surface area contributed by atoms with Crippen LogP contribution in [-0.4, -0.2) is 18.7 Å². The molecule has 0 unspecified atom stereocenters. The van der Waals surface area contributed by atoms with Crippen LogP contribution in [0, 0.1) is 0 Å². The molecule has 0 aliphatic carbocycles. The van der Waals surface area contributed by atoms with Crippen molar-refractivity contribution in [2.45, 2.75) is 0 Å². The highest BCUT2D eigenvalue weighted by atomic mass is 16.3. The number of fused-ring (bicyclic) bond motifs is 10. The first-order valence-corrected chi connectivity index (χ1v) is 22.4. The van der Waals surface area contributed by atoms with Crippen LogP contribution < -0.4 is 0 Å². The number of hydrogen-bond acceptors (Lipinski definition) is 2. The maximum absolute atomic E-state index is 6.54. The van der Waals surface area contributed by atoms with Gasteiger partial charge in [0.2, 0.25) is 0 Å². The van der Waals surface area contributed by atoms with E-state index < -0.39 is 0 Å². The third-order valence-corrected chi connectivity index (χ3v) is 13.4. The average Bonchev–Trinajstić information content (AvgIpc) is 4.14. The van der Waals surface area contributed by atoms with E-state index in [1.807, 2.05) is 12.1 Å². The van der Waals surface area contributed by atoms with E-state index in [2.05, 4.69) is 232 Å². The molecular formula is C61H38N4O. The maximum Gasteiger partial charge on any atom is 0.145 e. The molecule has 308 valence electrons. The van der Waals surface area contributed by atoms with Gasteiger partial charge in [-0.15, -0.1) is 0 Å². The van der Waals surface area contributed by atoms with Crippen molar-refractivity contribution in [2.24, 2.45) is 0 Å². The number of benzene rings is 10. The van der Waals surface area contributed by atoms with Crippen molar-refractivity contribution >= 4 is 76.6 Å². The Hall–Kier alpha value is -8.93. The van der Waals surface area contributed by atoms with Gasteiger partial charge in [-0.25, -0.2) is 4.98 Å². The lowest BCUT2D eigenvalue weighted by atomic mass is 9.99. The van der Waals surface area contributed by atoms with E-state index in [0.29, 0.717) is 0 Å². The molecule has 0 radical (unpaired) electrons. The van der Waals surface area contributed by atoms with E-state index in [9.17, 15) is 0 Å². The molecule has 5 heteroatoms. The molecule has 14 aromatic rings. The second kappa shape index (κ2) is 14.3. The number of hydrogen-bond donors (Lipinski definition) is 0. The van der Waals surface area contributed by atoms with Gasteiger partial charge in [0.05, 0.1) is 33.1 Å². The molecule has 0 aliphatic rings. The number of para-hydroxylation sites is 6. The van der Waals surface area contributed by atoms with Crippen molar-refractivity contribution < 1.29 is 4.42 Å². The third kappa shape index (κ3) is 5.57. The van der Waals surface area contributed by atoms with Gasteiger partial charge in [0.25, 0.3) is 0 Å². The molecule has 0 saturated carbocycles. The molecule has 14 rings (SSSR count). The molecule has 10 aromatic carbocycles. The summed E-state index contributed by atoms with van der Waals surface area (Å²) in [5, 5.41) is 7.11. The average molecular weight is 843 g/mol. The Kier molecular flexibility index (Phi) is 7.91. The SMILES string of the molecule is c1ccc(-c2nc3ccccc3n2-c2ccc(-c3ccc4oc5ccc(-c6cc(-n7c8ccccc8c8ccccc87)cc(-n7c8ccccc8c8ccccc87)c6)cc5c4c3)cc2)cc1. The first-order valence-electron chi connectivity index (χ1n) is 22.4. The summed E-state index contributed by atoms with van der Waals surface area (Å²) in [5.41, 5.74) is 17.3. The van der Waals surface area contributed by atoms with Crippen LogP contribution in [-0.2, 0) is 0 Å². The van der Waals surface area contributed by atoms with Crippen molar-refractivity contribution in [3.8, 4) is 50.7 Å². The van der Waals surface area contributed by atoms with Gasteiger partial charge in [0.15, 0.2) is 0 Å². The predicted molar refractivity (Wildman–Crippen MR) is 273 cm³/mol. The minimum Gasteiger partial charge on any atom is -0.456 e. The molecule has 0 atom stereocenters. The predicted octanol–water partition coefficient (Wildman–Crippen LogP) is 16.1. The van der Waals surface area contributed by atoms with Crippen molar-refractivity contribution in [2.75, 3.05) is 0 Å². The quantitative estimate of drug-likeness (QED) is 0.167.